The highest BCUT2D eigenvalue weighted by Crippen LogP contribution is 2.26. The van der Waals surface area contributed by atoms with Crippen molar-refractivity contribution in [1.82, 2.24) is 0 Å². The van der Waals surface area contributed by atoms with Crippen molar-refractivity contribution in [2.24, 2.45) is 5.73 Å². The molecule has 4 nitrogen and oxygen atoms in total. The van der Waals surface area contributed by atoms with Gasteiger partial charge in [-0.1, -0.05) is 6.07 Å². The van der Waals surface area contributed by atoms with Gasteiger partial charge in [0, 0.05) is 11.6 Å². The number of nitrogens with two attached hydrogens (primary N) is 1. The van der Waals surface area contributed by atoms with Crippen molar-refractivity contribution in [1.29, 1.82) is 0 Å². The first-order valence-electron chi connectivity index (χ1n) is 4.39. The van der Waals surface area contributed by atoms with Gasteiger partial charge in [0.1, 0.15) is 12.4 Å². The van der Waals surface area contributed by atoms with Crippen molar-refractivity contribution >= 4 is 5.97 Å². The fourth-order valence-corrected chi connectivity index (χ4v) is 1.28. The third-order valence-electron chi connectivity index (χ3n) is 2.04. The number of hydrogen-bond donors (Lipinski definition) is 3. The van der Waals surface area contributed by atoms with E-state index < -0.39 is 18.7 Å². The number of carboxylic acid groups (broad SMARTS) is 1. The Hall–Kier alpha value is -1.62. The van der Waals surface area contributed by atoms with Gasteiger partial charge >= 0.3 is 5.97 Å². The van der Waals surface area contributed by atoms with Crippen molar-refractivity contribution < 1.29 is 19.4 Å². The monoisotopic (exact) mass is 213 g/mol. The molecule has 0 saturated carbocycles. The molecule has 5 heteroatoms. The molecule has 15 heavy (non-hydrogen) atoms. The molecule has 0 radical (unpaired) electrons. The van der Waals surface area contributed by atoms with Crippen LogP contribution in [-0.2, 0) is 11.5 Å². The minimum Gasteiger partial charge on any atom is -0.508 e. The van der Waals surface area contributed by atoms with Gasteiger partial charge in [-0.15, -0.1) is 0 Å². The second-order valence-electron chi connectivity index (χ2n) is 3.23. The molecule has 4 N–H and O–H groups in total. The van der Waals surface area contributed by atoms with Gasteiger partial charge in [-0.05, 0) is 17.7 Å². The highest BCUT2D eigenvalue weighted by Gasteiger charge is 2.14. The molecule has 0 saturated heterocycles. The Morgan fingerprint density at radius 3 is 2.73 bits per heavy atom. The smallest absolute Gasteiger partial charge is 0.305 e. The van der Waals surface area contributed by atoms with E-state index in [-0.39, 0.29) is 17.7 Å². The molecular formula is C10H12FNO3. The van der Waals surface area contributed by atoms with E-state index in [0.717, 1.165) is 0 Å². The van der Waals surface area contributed by atoms with E-state index in [4.69, 9.17) is 10.8 Å². The number of alkyl halides is 1. The lowest BCUT2D eigenvalue weighted by atomic mass is 10.0. The molecule has 0 spiro atoms. The second-order valence-corrected chi connectivity index (χ2v) is 3.23. The van der Waals surface area contributed by atoms with Crippen molar-refractivity contribution in [3.05, 3.63) is 29.3 Å². The summed E-state index contributed by atoms with van der Waals surface area (Å²) >= 11 is 0. The predicted molar refractivity (Wildman–Crippen MR) is 52.1 cm³/mol. The van der Waals surface area contributed by atoms with E-state index in [9.17, 15) is 14.3 Å². The summed E-state index contributed by atoms with van der Waals surface area (Å²) in [6.45, 7) is -0.674. The van der Waals surface area contributed by atoms with Gasteiger partial charge in [0.25, 0.3) is 0 Å². The lowest BCUT2D eigenvalue weighted by Gasteiger charge is -2.12. The standard InChI is InChI=1S/C10H12FNO3/c11-5-6-1-2-9(13)7(3-6)8(12)4-10(14)15/h1-3,8,13H,4-5,12H2,(H,14,15). The Kier molecular flexibility index (Phi) is 3.62. The zero-order valence-electron chi connectivity index (χ0n) is 7.98. The predicted octanol–water partition coefficient (Wildman–Crippen LogP) is 1.34. The molecule has 1 rings (SSSR count). The Bertz CT molecular complexity index is 368. The Morgan fingerprint density at radius 2 is 2.20 bits per heavy atom. The molecule has 1 unspecified atom stereocenters. The van der Waals surface area contributed by atoms with Gasteiger partial charge in [-0.25, -0.2) is 4.39 Å². The fraction of sp³-hybridized carbons (Fsp3) is 0.300. The van der Waals surface area contributed by atoms with E-state index >= 15 is 0 Å². The van der Waals surface area contributed by atoms with Gasteiger partial charge in [0.2, 0.25) is 0 Å². The average Bonchev–Trinajstić information content (AvgIpc) is 2.17. The van der Waals surface area contributed by atoms with Crippen molar-refractivity contribution in [3.8, 4) is 5.75 Å². The molecule has 0 aliphatic carbocycles. The zero-order chi connectivity index (χ0) is 11.4. The summed E-state index contributed by atoms with van der Waals surface area (Å²) in [6.07, 6.45) is -0.302. The summed E-state index contributed by atoms with van der Waals surface area (Å²) in [5.41, 5.74) is 6.18. The number of phenols is 1. The highest BCUT2D eigenvalue weighted by atomic mass is 19.1. The van der Waals surface area contributed by atoms with Crippen LogP contribution in [0.15, 0.2) is 18.2 Å². The molecule has 0 fully saturated rings. The summed E-state index contributed by atoms with van der Waals surface area (Å²) in [5.74, 6) is -1.17. The van der Waals surface area contributed by atoms with Crippen LogP contribution in [0.4, 0.5) is 4.39 Å². The topological polar surface area (TPSA) is 83.6 Å². The fourth-order valence-electron chi connectivity index (χ4n) is 1.28. The van der Waals surface area contributed by atoms with Crippen molar-refractivity contribution in [2.45, 2.75) is 19.1 Å². The van der Waals surface area contributed by atoms with Crippen LogP contribution in [0.25, 0.3) is 0 Å². The minimum absolute atomic E-state index is 0.110. The van der Waals surface area contributed by atoms with Crippen molar-refractivity contribution in [3.63, 3.8) is 0 Å². The zero-order valence-corrected chi connectivity index (χ0v) is 7.98. The van der Waals surface area contributed by atoms with Gasteiger partial charge in [-0.3, -0.25) is 4.79 Å². The molecule has 0 aliphatic heterocycles. The average molecular weight is 213 g/mol. The Morgan fingerprint density at radius 1 is 1.53 bits per heavy atom. The number of carboxylic acids is 1. The molecule has 0 aromatic heterocycles. The molecule has 0 heterocycles. The van der Waals surface area contributed by atoms with Crippen LogP contribution in [0.5, 0.6) is 5.75 Å². The van der Waals surface area contributed by atoms with Crippen LogP contribution < -0.4 is 5.73 Å². The number of phenolic OH excluding ortho intramolecular Hbond substituents is 1. The number of aliphatic carboxylic acids is 1. The van der Waals surface area contributed by atoms with E-state index in [1.165, 1.54) is 18.2 Å². The van der Waals surface area contributed by atoms with Crippen LogP contribution in [0.2, 0.25) is 0 Å². The first-order chi connectivity index (χ1) is 7.04. The quantitative estimate of drug-likeness (QED) is 0.704. The number of benzene rings is 1. The molecular weight excluding hydrogens is 201 g/mol. The first-order valence-corrected chi connectivity index (χ1v) is 4.39. The van der Waals surface area contributed by atoms with Crippen molar-refractivity contribution in [2.75, 3.05) is 0 Å². The van der Waals surface area contributed by atoms with Gasteiger partial charge in [0.15, 0.2) is 0 Å². The Balaban J connectivity index is 2.95. The molecule has 82 valence electrons. The Labute approximate surface area is 86.1 Å². The summed E-state index contributed by atoms with van der Waals surface area (Å²) < 4.78 is 12.3. The highest BCUT2D eigenvalue weighted by molar-refractivity contribution is 5.68. The number of rotatable bonds is 4. The number of carbonyl (C=O) groups is 1. The number of hydrogen-bond acceptors (Lipinski definition) is 3. The lowest BCUT2D eigenvalue weighted by Crippen LogP contribution is -2.15. The van der Waals surface area contributed by atoms with Crippen LogP contribution in [-0.4, -0.2) is 16.2 Å². The molecule has 0 amide bonds. The number of halogens is 1. The molecule has 1 aromatic rings. The summed E-state index contributed by atoms with van der Waals surface area (Å²) in [7, 11) is 0. The maximum Gasteiger partial charge on any atom is 0.305 e. The van der Waals surface area contributed by atoms with Gasteiger partial charge in [0.05, 0.1) is 6.42 Å². The normalized spacial score (nSPS) is 12.4. The summed E-state index contributed by atoms with van der Waals surface area (Å²) in [5, 5.41) is 17.9. The lowest BCUT2D eigenvalue weighted by molar-refractivity contribution is -0.137. The maximum atomic E-state index is 12.3. The SMILES string of the molecule is NC(CC(=O)O)c1cc(CF)ccc1O. The van der Waals surface area contributed by atoms with Crippen LogP contribution >= 0.6 is 0 Å². The second kappa shape index (κ2) is 4.75. The summed E-state index contributed by atoms with van der Waals surface area (Å²) in [6, 6.07) is 3.29. The molecule has 1 aromatic carbocycles. The van der Waals surface area contributed by atoms with Crippen LogP contribution in [0.1, 0.15) is 23.6 Å². The van der Waals surface area contributed by atoms with Crippen LogP contribution in [0, 0.1) is 0 Å². The maximum absolute atomic E-state index is 12.3. The largest absolute Gasteiger partial charge is 0.508 e. The van der Waals surface area contributed by atoms with E-state index in [1.807, 2.05) is 0 Å². The first kappa shape index (κ1) is 11.5. The number of aromatic hydroxyl groups is 1. The molecule has 0 aliphatic rings. The molecule has 0 bridgehead atoms. The molecule has 1 atom stereocenters. The third kappa shape index (κ3) is 2.92. The van der Waals surface area contributed by atoms with E-state index in [1.54, 1.807) is 0 Å². The van der Waals surface area contributed by atoms with E-state index in [2.05, 4.69) is 0 Å². The third-order valence-corrected chi connectivity index (χ3v) is 2.04. The summed E-state index contributed by atoms with van der Waals surface area (Å²) in [4.78, 5) is 10.4. The van der Waals surface area contributed by atoms with E-state index in [0.29, 0.717) is 5.56 Å². The minimum atomic E-state index is -1.06. The van der Waals surface area contributed by atoms with Gasteiger partial charge < -0.3 is 15.9 Å². The van der Waals surface area contributed by atoms with Crippen LogP contribution in [0.3, 0.4) is 0 Å². The van der Waals surface area contributed by atoms with Gasteiger partial charge in [-0.2, -0.15) is 0 Å².